The maximum Gasteiger partial charge on any atom is 0.264 e. The van der Waals surface area contributed by atoms with Gasteiger partial charge in [-0.3, -0.25) is 14.7 Å². The summed E-state index contributed by atoms with van der Waals surface area (Å²) in [6, 6.07) is 4.36. The van der Waals surface area contributed by atoms with Crippen LogP contribution in [0.2, 0.25) is 0 Å². The lowest BCUT2D eigenvalue weighted by Crippen LogP contribution is -2.43. The van der Waals surface area contributed by atoms with Crippen molar-refractivity contribution in [1.29, 1.82) is 0 Å². The highest BCUT2D eigenvalue weighted by atomic mass is 32.1. The van der Waals surface area contributed by atoms with E-state index in [0.717, 1.165) is 21.2 Å². The second-order valence-electron chi connectivity index (χ2n) is 6.55. The van der Waals surface area contributed by atoms with Crippen LogP contribution in [0.25, 0.3) is 10.1 Å². The maximum atomic E-state index is 13.4. The first-order chi connectivity index (χ1) is 12.9. The number of halogens is 1. The molecule has 2 aromatic heterocycles. The fourth-order valence-electron chi connectivity index (χ4n) is 2.78. The molecule has 2 N–H and O–H groups in total. The number of fused-ring (bicyclic) bond motifs is 1. The van der Waals surface area contributed by atoms with Crippen molar-refractivity contribution in [1.82, 2.24) is 20.4 Å². The van der Waals surface area contributed by atoms with Crippen LogP contribution in [0.5, 0.6) is 0 Å². The average Bonchev–Trinajstić information content (AvgIpc) is 3.26. The Labute approximate surface area is 160 Å². The van der Waals surface area contributed by atoms with Crippen molar-refractivity contribution in [2.75, 3.05) is 13.6 Å². The van der Waals surface area contributed by atoms with E-state index in [-0.39, 0.29) is 30.1 Å². The van der Waals surface area contributed by atoms with Gasteiger partial charge in [-0.2, -0.15) is 5.10 Å². The van der Waals surface area contributed by atoms with Crippen LogP contribution in [0.4, 0.5) is 4.39 Å². The van der Waals surface area contributed by atoms with Crippen molar-refractivity contribution >= 4 is 33.2 Å². The molecule has 2 amide bonds. The molecule has 6 nitrogen and oxygen atoms in total. The van der Waals surface area contributed by atoms with E-state index in [4.69, 9.17) is 0 Å². The summed E-state index contributed by atoms with van der Waals surface area (Å²) in [5.74, 6) is -0.576. The molecule has 0 bridgehead atoms. The monoisotopic (exact) mass is 388 g/mol. The average molecular weight is 388 g/mol. The van der Waals surface area contributed by atoms with Gasteiger partial charge in [0, 0.05) is 30.5 Å². The number of benzene rings is 1. The Bertz CT molecular complexity index is 968. The Balaban J connectivity index is 1.64. The maximum absolute atomic E-state index is 13.4. The smallest absolute Gasteiger partial charge is 0.264 e. The number of hydrogen-bond donors (Lipinski definition) is 2. The largest absolute Gasteiger partial charge is 0.354 e. The zero-order chi connectivity index (χ0) is 19.6. The normalized spacial score (nSPS) is 12.1. The number of aryl methyl sites for hydroxylation is 1. The van der Waals surface area contributed by atoms with E-state index in [1.165, 1.54) is 23.5 Å². The SMILES string of the molecule is Cc1c(C(=O)N(C)C(C)CNC(=O)Cc2cn[nH]c2)sc2cc(F)ccc12. The van der Waals surface area contributed by atoms with Crippen molar-refractivity contribution in [2.24, 2.45) is 0 Å². The Hall–Kier alpha value is -2.74. The molecule has 1 unspecified atom stereocenters. The number of carbonyl (C=O) groups is 2. The van der Waals surface area contributed by atoms with Gasteiger partial charge in [0.1, 0.15) is 5.82 Å². The van der Waals surface area contributed by atoms with Crippen LogP contribution in [0.1, 0.15) is 27.7 Å². The molecule has 0 aliphatic heterocycles. The summed E-state index contributed by atoms with van der Waals surface area (Å²) in [4.78, 5) is 27.1. The van der Waals surface area contributed by atoms with Gasteiger partial charge in [0.15, 0.2) is 0 Å². The molecule has 1 atom stereocenters. The van der Waals surface area contributed by atoms with Gasteiger partial charge in [-0.15, -0.1) is 11.3 Å². The Morgan fingerprint density at radius 3 is 2.89 bits per heavy atom. The number of aromatic amines is 1. The summed E-state index contributed by atoms with van der Waals surface area (Å²) in [5.41, 5.74) is 1.65. The van der Waals surface area contributed by atoms with Crippen molar-refractivity contribution in [2.45, 2.75) is 26.3 Å². The molecule has 0 aliphatic rings. The van der Waals surface area contributed by atoms with E-state index >= 15 is 0 Å². The molecule has 0 saturated carbocycles. The van der Waals surface area contributed by atoms with E-state index in [9.17, 15) is 14.0 Å². The van der Waals surface area contributed by atoms with Crippen molar-refractivity contribution < 1.29 is 14.0 Å². The molecular formula is C19H21FN4O2S. The van der Waals surface area contributed by atoms with Crippen molar-refractivity contribution in [3.63, 3.8) is 0 Å². The third-order valence-corrected chi connectivity index (χ3v) is 5.83. The summed E-state index contributed by atoms with van der Waals surface area (Å²) in [6.45, 7) is 4.09. The molecule has 2 heterocycles. The number of thiophene rings is 1. The predicted molar refractivity (Wildman–Crippen MR) is 103 cm³/mol. The van der Waals surface area contributed by atoms with Crippen LogP contribution < -0.4 is 5.32 Å². The van der Waals surface area contributed by atoms with Gasteiger partial charge in [0.05, 0.1) is 17.5 Å². The lowest BCUT2D eigenvalue weighted by Gasteiger charge is -2.25. The third-order valence-electron chi connectivity index (χ3n) is 4.59. The van der Waals surface area contributed by atoms with Crippen LogP contribution in [0.3, 0.4) is 0 Å². The van der Waals surface area contributed by atoms with E-state index < -0.39 is 0 Å². The minimum Gasteiger partial charge on any atom is -0.354 e. The van der Waals surface area contributed by atoms with Crippen molar-refractivity contribution in [3.8, 4) is 0 Å². The predicted octanol–water partition coefficient (Wildman–Crippen LogP) is 2.89. The van der Waals surface area contributed by atoms with Crippen LogP contribution in [0.15, 0.2) is 30.6 Å². The quantitative estimate of drug-likeness (QED) is 0.682. The van der Waals surface area contributed by atoms with Gasteiger partial charge < -0.3 is 10.2 Å². The summed E-state index contributed by atoms with van der Waals surface area (Å²) >= 11 is 1.29. The van der Waals surface area contributed by atoms with Gasteiger partial charge in [-0.25, -0.2) is 4.39 Å². The fourth-order valence-corrected chi connectivity index (χ4v) is 4.00. The zero-order valence-corrected chi connectivity index (χ0v) is 16.2. The Kier molecular flexibility index (Phi) is 5.55. The van der Waals surface area contributed by atoms with Gasteiger partial charge in [0.2, 0.25) is 5.91 Å². The summed E-state index contributed by atoms with van der Waals surface area (Å²) < 4.78 is 14.2. The van der Waals surface area contributed by atoms with Crippen LogP contribution >= 0.6 is 11.3 Å². The second kappa shape index (κ2) is 7.87. The van der Waals surface area contributed by atoms with Gasteiger partial charge in [-0.1, -0.05) is 6.07 Å². The first-order valence-electron chi connectivity index (χ1n) is 8.57. The first-order valence-corrected chi connectivity index (χ1v) is 9.38. The number of nitrogens with one attached hydrogen (secondary N) is 2. The minimum atomic E-state index is -0.315. The summed E-state index contributed by atoms with van der Waals surface area (Å²) in [6.07, 6.45) is 3.51. The fraction of sp³-hybridized carbons (Fsp3) is 0.316. The first kappa shape index (κ1) is 19.0. The number of rotatable bonds is 6. The molecule has 0 spiro atoms. The lowest BCUT2D eigenvalue weighted by atomic mass is 10.1. The van der Waals surface area contributed by atoms with E-state index in [0.29, 0.717) is 11.4 Å². The molecule has 0 saturated heterocycles. The van der Waals surface area contributed by atoms with Gasteiger partial charge in [0.25, 0.3) is 5.91 Å². The summed E-state index contributed by atoms with van der Waals surface area (Å²) in [7, 11) is 1.71. The Morgan fingerprint density at radius 2 is 2.19 bits per heavy atom. The van der Waals surface area contributed by atoms with E-state index in [2.05, 4.69) is 15.5 Å². The number of nitrogens with zero attached hydrogens (tertiary/aromatic N) is 2. The molecule has 0 fully saturated rings. The number of H-pyrrole nitrogens is 1. The molecular weight excluding hydrogens is 367 g/mol. The highest BCUT2D eigenvalue weighted by Crippen LogP contribution is 2.32. The van der Waals surface area contributed by atoms with Gasteiger partial charge in [-0.05, 0) is 42.5 Å². The molecule has 0 aliphatic carbocycles. The number of amides is 2. The topological polar surface area (TPSA) is 78.1 Å². The number of hydrogen-bond acceptors (Lipinski definition) is 4. The third kappa shape index (κ3) is 4.16. The highest BCUT2D eigenvalue weighted by Gasteiger charge is 2.23. The molecule has 142 valence electrons. The summed E-state index contributed by atoms with van der Waals surface area (Å²) in [5, 5.41) is 10.2. The molecule has 3 rings (SSSR count). The minimum absolute atomic E-state index is 0.127. The van der Waals surface area contributed by atoms with Crippen LogP contribution in [-0.4, -0.2) is 46.5 Å². The highest BCUT2D eigenvalue weighted by molar-refractivity contribution is 7.21. The van der Waals surface area contributed by atoms with Crippen LogP contribution in [-0.2, 0) is 11.2 Å². The Morgan fingerprint density at radius 1 is 1.41 bits per heavy atom. The lowest BCUT2D eigenvalue weighted by molar-refractivity contribution is -0.120. The molecule has 1 aromatic carbocycles. The second-order valence-corrected chi connectivity index (χ2v) is 7.60. The van der Waals surface area contributed by atoms with E-state index in [1.807, 2.05) is 13.8 Å². The van der Waals surface area contributed by atoms with E-state index in [1.54, 1.807) is 30.4 Å². The number of carbonyl (C=O) groups excluding carboxylic acids is 2. The van der Waals surface area contributed by atoms with Gasteiger partial charge >= 0.3 is 0 Å². The van der Waals surface area contributed by atoms with Crippen LogP contribution in [0, 0.1) is 12.7 Å². The molecule has 3 aromatic rings. The number of likely N-dealkylation sites (N-methyl/N-ethyl adjacent to an activating group) is 1. The molecule has 8 heteroatoms. The molecule has 27 heavy (non-hydrogen) atoms. The standard InChI is InChI=1S/C19H21FN4O2S/c1-11(8-21-17(25)6-13-9-22-23-10-13)24(3)19(26)18-12(2)15-5-4-14(20)7-16(15)27-18/h4-5,7,9-11H,6,8H2,1-3H3,(H,21,25)(H,22,23). The zero-order valence-electron chi connectivity index (χ0n) is 15.4. The molecule has 0 radical (unpaired) electrons. The number of aromatic nitrogens is 2. The van der Waals surface area contributed by atoms with Crippen molar-refractivity contribution in [3.05, 3.63) is 52.4 Å².